The summed E-state index contributed by atoms with van der Waals surface area (Å²) in [6.45, 7) is 0. The van der Waals surface area contributed by atoms with Crippen molar-refractivity contribution in [2.45, 2.75) is 18.9 Å². The van der Waals surface area contributed by atoms with Gasteiger partial charge in [0.05, 0.1) is 6.42 Å². The van der Waals surface area contributed by atoms with Gasteiger partial charge in [0.25, 0.3) is 0 Å². The summed E-state index contributed by atoms with van der Waals surface area (Å²) in [5, 5.41) is 8.67. The van der Waals surface area contributed by atoms with Gasteiger partial charge in [-0.3, -0.25) is 4.79 Å². The Labute approximate surface area is 112 Å². The minimum Gasteiger partial charge on any atom is -0.481 e. The van der Waals surface area contributed by atoms with Crippen molar-refractivity contribution in [2.75, 3.05) is 0 Å². The smallest absolute Gasteiger partial charge is 0.304 e. The number of benzene rings is 2. The quantitative estimate of drug-likeness (QED) is 0.863. The Kier molecular flexibility index (Phi) is 4.31. The molecule has 1 atom stereocenters. The van der Waals surface area contributed by atoms with Gasteiger partial charge in [0.1, 0.15) is 0 Å². The van der Waals surface area contributed by atoms with Gasteiger partial charge in [-0.1, -0.05) is 54.6 Å². The van der Waals surface area contributed by atoms with Crippen LogP contribution in [0.15, 0.2) is 54.6 Å². The minimum atomic E-state index is -0.853. The number of carbonyl (C=O) groups is 1. The van der Waals surface area contributed by atoms with E-state index >= 15 is 0 Å². The second kappa shape index (κ2) is 6.16. The van der Waals surface area contributed by atoms with Gasteiger partial charge < -0.3 is 10.8 Å². The molecule has 3 N–H and O–H groups in total. The molecule has 0 bridgehead atoms. The molecule has 0 unspecified atom stereocenters. The van der Waals surface area contributed by atoms with Gasteiger partial charge in [0, 0.05) is 6.04 Å². The number of carboxylic acids is 1. The Bertz CT molecular complexity index is 534. The zero-order chi connectivity index (χ0) is 13.7. The van der Waals surface area contributed by atoms with Gasteiger partial charge in [-0.25, -0.2) is 0 Å². The monoisotopic (exact) mass is 255 g/mol. The minimum absolute atomic E-state index is 0.000433. The van der Waals surface area contributed by atoms with E-state index in [1.54, 1.807) is 0 Å². The summed E-state index contributed by atoms with van der Waals surface area (Å²) in [6.07, 6.45) is 0.585. The van der Waals surface area contributed by atoms with Crippen LogP contribution < -0.4 is 5.73 Å². The molecule has 0 radical (unpaired) electrons. The second-order valence-corrected chi connectivity index (χ2v) is 4.63. The van der Waals surface area contributed by atoms with Crippen molar-refractivity contribution in [3.63, 3.8) is 0 Å². The Morgan fingerprint density at radius 1 is 1.00 bits per heavy atom. The summed E-state index contributed by atoms with van der Waals surface area (Å²) in [5.41, 5.74) is 9.16. The first-order chi connectivity index (χ1) is 9.15. The van der Waals surface area contributed by atoms with Crippen LogP contribution in [0.1, 0.15) is 12.0 Å². The number of rotatable bonds is 5. The lowest BCUT2D eigenvalue weighted by Gasteiger charge is -2.09. The lowest BCUT2D eigenvalue weighted by molar-refractivity contribution is -0.137. The number of hydrogen-bond donors (Lipinski definition) is 2. The first-order valence-corrected chi connectivity index (χ1v) is 6.27. The molecule has 0 aliphatic heterocycles. The van der Waals surface area contributed by atoms with Gasteiger partial charge >= 0.3 is 5.97 Å². The van der Waals surface area contributed by atoms with Crippen LogP contribution in [0.2, 0.25) is 0 Å². The van der Waals surface area contributed by atoms with Crippen LogP contribution >= 0.6 is 0 Å². The molecule has 0 spiro atoms. The number of hydrogen-bond acceptors (Lipinski definition) is 2. The molecule has 2 rings (SSSR count). The number of nitrogens with two attached hydrogens (primary N) is 1. The lowest BCUT2D eigenvalue weighted by Crippen LogP contribution is -2.26. The molecule has 3 nitrogen and oxygen atoms in total. The van der Waals surface area contributed by atoms with E-state index in [4.69, 9.17) is 10.8 Å². The maximum Gasteiger partial charge on any atom is 0.304 e. The molecule has 2 aromatic rings. The van der Waals surface area contributed by atoms with E-state index in [1.165, 1.54) is 5.56 Å². The van der Waals surface area contributed by atoms with Crippen molar-refractivity contribution in [2.24, 2.45) is 5.73 Å². The lowest BCUT2D eigenvalue weighted by atomic mass is 10.00. The topological polar surface area (TPSA) is 63.3 Å². The second-order valence-electron chi connectivity index (χ2n) is 4.63. The van der Waals surface area contributed by atoms with E-state index in [0.717, 1.165) is 11.1 Å². The fraction of sp³-hybridized carbons (Fsp3) is 0.188. The molecule has 2 aromatic carbocycles. The number of carboxylic acid groups (broad SMARTS) is 1. The highest BCUT2D eigenvalue weighted by molar-refractivity contribution is 5.67. The molecule has 0 fully saturated rings. The molecule has 0 aliphatic carbocycles. The van der Waals surface area contributed by atoms with Crippen LogP contribution in [0, 0.1) is 0 Å². The molecule has 0 saturated carbocycles. The zero-order valence-corrected chi connectivity index (χ0v) is 10.6. The Hall–Kier alpha value is -2.13. The average molecular weight is 255 g/mol. The third kappa shape index (κ3) is 3.93. The van der Waals surface area contributed by atoms with Crippen LogP contribution in [-0.2, 0) is 11.2 Å². The first-order valence-electron chi connectivity index (χ1n) is 6.27. The number of aliphatic carboxylic acids is 1. The SMILES string of the molecule is N[C@@H](CC(=O)O)Cc1ccc(-c2ccccc2)cc1. The highest BCUT2D eigenvalue weighted by Gasteiger charge is 2.08. The first kappa shape index (κ1) is 13.3. The standard InChI is InChI=1S/C16H17NO2/c17-15(11-16(18)19)10-12-6-8-14(9-7-12)13-4-2-1-3-5-13/h1-9,15H,10-11,17H2,(H,18,19)/t15-/m1/s1. The van der Waals surface area contributed by atoms with Crippen LogP contribution in [-0.4, -0.2) is 17.1 Å². The molecule has 0 saturated heterocycles. The fourth-order valence-electron chi connectivity index (χ4n) is 2.06. The van der Waals surface area contributed by atoms with Crippen LogP contribution in [0.5, 0.6) is 0 Å². The molecule has 3 heteroatoms. The van der Waals surface area contributed by atoms with E-state index in [9.17, 15) is 4.79 Å². The summed E-state index contributed by atoms with van der Waals surface area (Å²) in [7, 11) is 0. The van der Waals surface area contributed by atoms with E-state index in [2.05, 4.69) is 12.1 Å². The Morgan fingerprint density at radius 3 is 2.16 bits per heavy atom. The van der Waals surface area contributed by atoms with Crippen LogP contribution in [0.3, 0.4) is 0 Å². The predicted molar refractivity (Wildman–Crippen MR) is 75.8 cm³/mol. The molecule has 0 aliphatic rings. The van der Waals surface area contributed by atoms with Crippen molar-refractivity contribution >= 4 is 5.97 Å². The van der Waals surface area contributed by atoms with E-state index in [0.29, 0.717) is 6.42 Å². The normalized spacial score (nSPS) is 12.1. The molecular weight excluding hydrogens is 238 g/mol. The van der Waals surface area contributed by atoms with Gasteiger partial charge in [0.2, 0.25) is 0 Å². The van der Waals surface area contributed by atoms with Crippen molar-refractivity contribution in [3.05, 3.63) is 60.2 Å². The summed E-state index contributed by atoms with van der Waals surface area (Å²) in [5.74, 6) is -0.853. The highest BCUT2D eigenvalue weighted by atomic mass is 16.4. The maximum absolute atomic E-state index is 10.6. The summed E-state index contributed by atoms with van der Waals surface area (Å²) < 4.78 is 0. The van der Waals surface area contributed by atoms with Crippen molar-refractivity contribution in [1.29, 1.82) is 0 Å². The maximum atomic E-state index is 10.6. The van der Waals surface area contributed by atoms with E-state index in [-0.39, 0.29) is 12.5 Å². The van der Waals surface area contributed by atoms with Crippen molar-refractivity contribution < 1.29 is 9.90 Å². The third-order valence-electron chi connectivity index (χ3n) is 3.00. The average Bonchev–Trinajstić information content (AvgIpc) is 2.39. The molecule has 0 aromatic heterocycles. The summed E-state index contributed by atoms with van der Waals surface area (Å²) in [4.78, 5) is 10.6. The fourth-order valence-corrected chi connectivity index (χ4v) is 2.06. The summed E-state index contributed by atoms with van der Waals surface area (Å²) in [6, 6.07) is 17.9. The highest BCUT2D eigenvalue weighted by Crippen LogP contribution is 2.19. The molecule has 0 heterocycles. The predicted octanol–water partition coefficient (Wildman–Crippen LogP) is 2.70. The third-order valence-corrected chi connectivity index (χ3v) is 3.00. The molecular formula is C16H17NO2. The molecule has 0 amide bonds. The van der Waals surface area contributed by atoms with Crippen molar-refractivity contribution in [1.82, 2.24) is 0 Å². The van der Waals surface area contributed by atoms with Crippen molar-refractivity contribution in [3.8, 4) is 11.1 Å². The van der Waals surface area contributed by atoms with Crippen LogP contribution in [0.4, 0.5) is 0 Å². The molecule has 98 valence electrons. The largest absolute Gasteiger partial charge is 0.481 e. The Morgan fingerprint density at radius 2 is 1.58 bits per heavy atom. The van der Waals surface area contributed by atoms with E-state index in [1.807, 2.05) is 42.5 Å². The summed E-state index contributed by atoms with van der Waals surface area (Å²) >= 11 is 0. The van der Waals surface area contributed by atoms with Gasteiger partial charge in [-0.15, -0.1) is 0 Å². The van der Waals surface area contributed by atoms with Crippen LogP contribution in [0.25, 0.3) is 11.1 Å². The van der Waals surface area contributed by atoms with Gasteiger partial charge in [0.15, 0.2) is 0 Å². The van der Waals surface area contributed by atoms with Gasteiger partial charge in [-0.05, 0) is 23.1 Å². The zero-order valence-electron chi connectivity index (χ0n) is 10.6. The molecule has 19 heavy (non-hydrogen) atoms. The Balaban J connectivity index is 2.05. The van der Waals surface area contributed by atoms with Gasteiger partial charge in [-0.2, -0.15) is 0 Å². The van der Waals surface area contributed by atoms with E-state index < -0.39 is 5.97 Å².